The van der Waals surface area contributed by atoms with Gasteiger partial charge in [-0.05, 0) is 61.8 Å². The number of nitrogens with zero attached hydrogens (tertiary/aromatic N) is 4. The highest BCUT2D eigenvalue weighted by Gasteiger charge is 2.11. The van der Waals surface area contributed by atoms with Crippen LogP contribution < -0.4 is 20.1 Å². The highest BCUT2D eigenvalue weighted by Crippen LogP contribution is 2.25. The fraction of sp³-hybridized carbons (Fsp3) is 0.467. The average molecular weight is 549 g/mol. The zero-order chi connectivity index (χ0) is 28.5. The van der Waals surface area contributed by atoms with Crippen molar-refractivity contribution >= 4 is 33.9 Å². The van der Waals surface area contributed by atoms with Gasteiger partial charge in [0.1, 0.15) is 22.8 Å². The van der Waals surface area contributed by atoms with E-state index in [4.69, 9.17) is 9.47 Å². The number of pyridine rings is 2. The Bertz CT molecular complexity index is 1350. The fourth-order valence-corrected chi connectivity index (χ4v) is 4.88. The molecule has 2 N–H and O–H groups in total. The molecule has 0 saturated heterocycles. The summed E-state index contributed by atoms with van der Waals surface area (Å²) in [5.41, 5.74) is 4.11. The van der Waals surface area contributed by atoms with Gasteiger partial charge in [0.25, 0.3) is 0 Å². The van der Waals surface area contributed by atoms with Gasteiger partial charge in [-0.1, -0.05) is 0 Å². The van der Waals surface area contributed by atoms with Crippen LogP contribution in [0.2, 0.25) is 0 Å². The van der Waals surface area contributed by atoms with Crippen LogP contribution in [0.4, 0.5) is 0 Å². The van der Waals surface area contributed by atoms with Gasteiger partial charge in [-0.2, -0.15) is 0 Å². The molecule has 4 rings (SSSR count). The zero-order valence-electron chi connectivity index (χ0n) is 24.0. The predicted octanol–water partition coefficient (Wildman–Crippen LogP) is 3.84. The molecule has 0 atom stereocenters. The van der Waals surface area contributed by atoms with Crippen LogP contribution in [0.1, 0.15) is 50.7 Å². The second-order valence-electron chi connectivity index (χ2n) is 10.2. The Labute approximate surface area is 235 Å². The maximum Gasteiger partial charge on any atom is 0.216 e. The van der Waals surface area contributed by atoms with Gasteiger partial charge in [0.05, 0.1) is 25.6 Å². The van der Waals surface area contributed by atoms with Crippen LogP contribution in [-0.2, 0) is 36.5 Å². The smallest absolute Gasteiger partial charge is 0.216 e. The molecule has 214 valence electrons. The summed E-state index contributed by atoms with van der Waals surface area (Å²) < 4.78 is 16.0. The van der Waals surface area contributed by atoms with Gasteiger partial charge in [0.2, 0.25) is 11.8 Å². The maximum absolute atomic E-state index is 11.2. The lowest BCUT2D eigenvalue weighted by Crippen LogP contribution is -2.22. The SMILES string of the molecule is CC(=O)NCCc1cn(C)c2ncc(OCCCCCCOc3cnc4c(c3)c(CCNC(C)=O)cn4C)cc12. The van der Waals surface area contributed by atoms with Gasteiger partial charge in [0.15, 0.2) is 0 Å². The Balaban J connectivity index is 1.17. The Morgan fingerprint density at radius 2 is 1.15 bits per heavy atom. The van der Waals surface area contributed by atoms with Crippen LogP contribution in [0.15, 0.2) is 36.9 Å². The van der Waals surface area contributed by atoms with Gasteiger partial charge in [-0.25, -0.2) is 9.97 Å². The molecule has 0 aromatic carbocycles. The van der Waals surface area contributed by atoms with Crippen molar-refractivity contribution in [2.75, 3.05) is 26.3 Å². The number of hydrogen-bond donors (Lipinski definition) is 2. The van der Waals surface area contributed by atoms with Crippen molar-refractivity contribution in [3.05, 3.63) is 48.0 Å². The van der Waals surface area contributed by atoms with Crippen molar-refractivity contribution < 1.29 is 19.1 Å². The molecule has 0 radical (unpaired) electrons. The van der Waals surface area contributed by atoms with Crippen LogP contribution in [0.25, 0.3) is 22.1 Å². The highest BCUT2D eigenvalue weighted by molar-refractivity contribution is 5.82. The lowest BCUT2D eigenvalue weighted by Gasteiger charge is -2.08. The van der Waals surface area contributed by atoms with E-state index in [1.165, 1.54) is 13.8 Å². The molecule has 2 amide bonds. The topological polar surface area (TPSA) is 112 Å². The van der Waals surface area contributed by atoms with Gasteiger partial charge in [-0.3, -0.25) is 9.59 Å². The van der Waals surface area contributed by atoms with E-state index < -0.39 is 0 Å². The first-order valence-electron chi connectivity index (χ1n) is 13.9. The van der Waals surface area contributed by atoms with Crippen molar-refractivity contribution in [1.29, 1.82) is 0 Å². The van der Waals surface area contributed by atoms with E-state index in [1.54, 1.807) is 12.4 Å². The molecule has 10 heteroatoms. The summed E-state index contributed by atoms with van der Waals surface area (Å²) in [5.74, 6) is 1.49. The first kappa shape index (κ1) is 28.9. The molecule has 0 aliphatic heterocycles. The minimum atomic E-state index is -0.0233. The average Bonchev–Trinajstić information content (AvgIpc) is 3.40. The number of fused-ring (bicyclic) bond motifs is 2. The van der Waals surface area contributed by atoms with Crippen LogP contribution in [0, 0.1) is 0 Å². The minimum Gasteiger partial charge on any atom is -0.492 e. The molecule has 0 aliphatic rings. The summed E-state index contributed by atoms with van der Waals surface area (Å²) in [6.45, 7) is 5.53. The molecule has 0 unspecified atom stereocenters. The fourth-order valence-electron chi connectivity index (χ4n) is 4.88. The number of carbonyl (C=O) groups excluding carboxylic acids is 2. The summed E-state index contributed by atoms with van der Waals surface area (Å²) in [6, 6.07) is 4.09. The summed E-state index contributed by atoms with van der Waals surface area (Å²) >= 11 is 0. The van der Waals surface area contributed by atoms with Crippen LogP contribution in [0.5, 0.6) is 11.5 Å². The zero-order valence-corrected chi connectivity index (χ0v) is 24.0. The molecule has 4 aromatic rings. The van der Waals surface area contributed by atoms with Crippen molar-refractivity contribution in [2.24, 2.45) is 14.1 Å². The molecule has 0 saturated carbocycles. The number of carbonyl (C=O) groups is 2. The van der Waals surface area contributed by atoms with Crippen LogP contribution >= 0.6 is 0 Å². The van der Waals surface area contributed by atoms with E-state index in [0.717, 1.165) is 83.2 Å². The molecule has 0 aliphatic carbocycles. The van der Waals surface area contributed by atoms with E-state index in [2.05, 4.69) is 33.0 Å². The molecule has 0 bridgehead atoms. The third kappa shape index (κ3) is 7.74. The molecule has 4 heterocycles. The Kier molecular flexibility index (Phi) is 9.99. The van der Waals surface area contributed by atoms with E-state index in [9.17, 15) is 9.59 Å². The molecule has 0 fully saturated rings. The lowest BCUT2D eigenvalue weighted by atomic mass is 10.1. The van der Waals surface area contributed by atoms with Crippen molar-refractivity contribution in [2.45, 2.75) is 52.4 Å². The summed E-state index contributed by atoms with van der Waals surface area (Å²) in [5, 5.41) is 7.82. The monoisotopic (exact) mass is 548 g/mol. The molecule has 0 spiro atoms. The second-order valence-corrected chi connectivity index (χ2v) is 10.2. The largest absolute Gasteiger partial charge is 0.492 e. The van der Waals surface area contributed by atoms with Crippen molar-refractivity contribution in [3.8, 4) is 11.5 Å². The Hall–Kier alpha value is -4.08. The number of amides is 2. The molecule has 10 nitrogen and oxygen atoms in total. The van der Waals surface area contributed by atoms with Gasteiger partial charge in [-0.15, -0.1) is 0 Å². The third-order valence-electron chi connectivity index (χ3n) is 6.85. The number of unbranched alkanes of at least 4 members (excludes halogenated alkanes) is 3. The lowest BCUT2D eigenvalue weighted by molar-refractivity contribution is -0.119. The number of aryl methyl sites for hydroxylation is 2. The standard InChI is InChI=1S/C30H40N6O4/c1-21(37)31-11-9-23-19-35(3)29-27(23)15-25(17-33-29)39-13-7-5-6-8-14-40-26-16-28-24(10-12-32-22(2)38)20-36(4)30(28)34-18-26/h15-20H,5-14H2,1-4H3,(H,31,37)(H,32,38). The van der Waals surface area contributed by atoms with E-state index in [1.807, 2.05) is 35.4 Å². The number of aromatic nitrogens is 4. The number of nitrogens with one attached hydrogen (secondary N) is 2. The predicted molar refractivity (Wildman–Crippen MR) is 156 cm³/mol. The van der Waals surface area contributed by atoms with Crippen molar-refractivity contribution in [3.63, 3.8) is 0 Å². The highest BCUT2D eigenvalue weighted by atomic mass is 16.5. The molecule has 40 heavy (non-hydrogen) atoms. The maximum atomic E-state index is 11.2. The Morgan fingerprint density at radius 1 is 0.725 bits per heavy atom. The van der Waals surface area contributed by atoms with Gasteiger partial charge < -0.3 is 29.2 Å². The van der Waals surface area contributed by atoms with E-state index in [0.29, 0.717) is 26.3 Å². The molecular weight excluding hydrogens is 508 g/mol. The van der Waals surface area contributed by atoms with Gasteiger partial charge in [0, 0.05) is 64.2 Å². The number of rotatable bonds is 15. The quantitative estimate of drug-likeness (QED) is 0.218. The third-order valence-corrected chi connectivity index (χ3v) is 6.85. The first-order valence-corrected chi connectivity index (χ1v) is 13.9. The van der Waals surface area contributed by atoms with Crippen molar-refractivity contribution in [1.82, 2.24) is 29.7 Å². The molecular formula is C30H40N6O4. The Morgan fingerprint density at radius 3 is 1.55 bits per heavy atom. The normalized spacial score (nSPS) is 11.2. The van der Waals surface area contributed by atoms with Crippen LogP contribution in [0.3, 0.4) is 0 Å². The summed E-state index contributed by atoms with van der Waals surface area (Å²) in [7, 11) is 3.96. The summed E-state index contributed by atoms with van der Waals surface area (Å²) in [6.07, 6.45) is 13.2. The summed E-state index contributed by atoms with van der Waals surface area (Å²) in [4.78, 5) is 31.5. The van der Waals surface area contributed by atoms with E-state index >= 15 is 0 Å². The minimum absolute atomic E-state index is 0.0233. The first-order chi connectivity index (χ1) is 19.3. The van der Waals surface area contributed by atoms with Crippen LogP contribution in [-0.4, -0.2) is 57.2 Å². The molecule has 4 aromatic heterocycles. The second kappa shape index (κ2) is 13.8. The number of hydrogen-bond acceptors (Lipinski definition) is 6. The van der Waals surface area contributed by atoms with Gasteiger partial charge >= 0.3 is 0 Å². The number of ether oxygens (including phenoxy) is 2. The van der Waals surface area contributed by atoms with E-state index in [-0.39, 0.29) is 11.8 Å².